The first-order valence-corrected chi connectivity index (χ1v) is 10.1. The summed E-state index contributed by atoms with van der Waals surface area (Å²) in [6.45, 7) is 1.64. The Kier molecular flexibility index (Phi) is 6.65. The largest absolute Gasteiger partial charge is 0.481 e. The topological polar surface area (TPSA) is 64.1 Å². The second-order valence-electron chi connectivity index (χ2n) is 5.49. The molecule has 0 fully saturated rings. The average molecular weight is 424 g/mol. The Bertz CT molecular complexity index is 921. The number of hydrogen-bond acceptors (Lipinski definition) is 6. The molecule has 1 amide bonds. The Labute approximate surface area is 168 Å². The van der Waals surface area contributed by atoms with E-state index >= 15 is 0 Å². The molecule has 0 saturated heterocycles. The molecular weight excluding hydrogens is 409 g/mol. The van der Waals surface area contributed by atoms with Gasteiger partial charge in [-0.05, 0) is 42.8 Å². The number of hydrogen-bond donors (Lipinski definition) is 1. The molecule has 9 heteroatoms. The number of nitrogens with one attached hydrogen (secondary N) is 1. The summed E-state index contributed by atoms with van der Waals surface area (Å²) in [5, 5.41) is 11.6. The van der Waals surface area contributed by atoms with Crippen LogP contribution in [-0.4, -0.2) is 22.2 Å². The first kappa shape index (κ1) is 19.6. The number of carbonyl (C=O) groups is 1. The number of benzene rings is 2. The van der Waals surface area contributed by atoms with Crippen LogP contribution < -0.4 is 10.1 Å². The number of ether oxygens (including phenoxy) is 1. The van der Waals surface area contributed by atoms with E-state index in [-0.39, 0.29) is 11.7 Å². The number of aromatic nitrogens is 2. The van der Waals surface area contributed by atoms with Crippen LogP contribution in [0.25, 0.3) is 0 Å². The Hall–Kier alpha value is -2.16. The first-order chi connectivity index (χ1) is 13.0. The lowest BCUT2D eigenvalue weighted by Crippen LogP contribution is -2.30. The normalized spacial score (nSPS) is 11.8. The van der Waals surface area contributed by atoms with Gasteiger partial charge in [0.15, 0.2) is 10.4 Å². The number of anilines is 1. The molecular formula is C18H15ClFN3O2S2. The molecule has 3 aromatic rings. The van der Waals surface area contributed by atoms with Crippen LogP contribution in [-0.2, 0) is 10.5 Å². The molecule has 1 heterocycles. The number of carbonyl (C=O) groups excluding carboxylic acids is 1. The molecule has 2 aromatic carbocycles. The molecule has 0 saturated carbocycles. The zero-order valence-electron chi connectivity index (χ0n) is 14.2. The lowest BCUT2D eigenvalue weighted by Gasteiger charge is -2.13. The van der Waals surface area contributed by atoms with Gasteiger partial charge in [-0.1, -0.05) is 52.9 Å². The Balaban J connectivity index is 1.51. The molecule has 0 radical (unpaired) electrons. The van der Waals surface area contributed by atoms with Crippen LogP contribution in [0.15, 0.2) is 52.9 Å². The highest BCUT2D eigenvalue weighted by Crippen LogP contribution is 2.28. The Morgan fingerprint density at radius 2 is 2.07 bits per heavy atom. The van der Waals surface area contributed by atoms with Crippen molar-refractivity contribution in [1.29, 1.82) is 0 Å². The molecule has 1 N–H and O–H groups in total. The molecule has 0 unspecified atom stereocenters. The molecule has 140 valence electrons. The zero-order chi connectivity index (χ0) is 19.2. The predicted molar refractivity (Wildman–Crippen MR) is 106 cm³/mol. The van der Waals surface area contributed by atoms with Crippen LogP contribution in [0.1, 0.15) is 12.5 Å². The van der Waals surface area contributed by atoms with E-state index in [1.54, 1.807) is 43.3 Å². The van der Waals surface area contributed by atoms with Gasteiger partial charge in [-0.3, -0.25) is 10.1 Å². The molecule has 5 nitrogen and oxygen atoms in total. The quantitative estimate of drug-likeness (QED) is 0.426. The smallest absolute Gasteiger partial charge is 0.266 e. The van der Waals surface area contributed by atoms with Crippen LogP contribution in [0.5, 0.6) is 5.75 Å². The molecule has 0 aliphatic heterocycles. The van der Waals surface area contributed by atoms with Crippen molar-refractivity contribution in [2.24, 2.45) is 0 Å². The van der Waals surface area contributed by atoms with Gasteiger partial charge in [0.1, 0.15) is 11.6 Å². The third-order valence-electron chi connectivity index (χ3n) is 3.39. The molecule has 0 spiro atoms. The number of halogens is 2. The third kappa shape index (κ3) is 5.92. The molecule has 1 atom stereocenters. The number of amides is 1. The van der Waals surface area contributed by atoms with Gasteiger partial charge in [0, 0.05) is 10.8 Å². The summed E-state index contributed by atoms with van der Waals surface area (Å²) in [6, 6.07) is 13.1. The Morgan fingerprint density at radius 3 is 2.81 bits per heavy atom. The lowest BCUT2D eigenvalue weighted by atomic mass is 10.2. The number of nitrogens with zero attached hydrogens (tertiary/aromatic N) is 2. The minimum absolute atomic E-state index is 0.265. The second kappa shape index (κ2) is 9.16. The third-order valence-corrected chi connectivity index (χ3v) is 5.67. The summed E-state index contributed by atoms with van der Waals surface area (Å²) < 4.78 is 19.2. The maximum Gasteiger partial charge on any atom is 0.266 e. The summed E-state index contributed by atoms with van der Waals surface area (Å²) in [5.41, 5.74) is 0.978. The van der Waals surface area contributed by atoms with E-state index in [2.05, 4.69) is 15.5 Å². The van der Waals surface area contributed by atoms with Gasteiger partial charge in [0.05, 0.1) is 0 Å². The molecule has 27 heavy (non-hydrogen) atoms. The Morgan fingerprint density at radius 1 is 1.30 bits per heavy atom. The molecule has 0 aliphatic carbocycles. The van der Waals surface area contributed by atoms with Gasteiger partial charge in [0.2, 0.25) is 5.13 Å². The van der Waals surface area contributed by atoms with Crippen LogP contribution in [0.2, 0.25) is 5.02 Å². The average Bonchev–Trinajstić information content (AvgIpc) is 3.08. The summed E-state index contributed by atoms with van der Waals surface area (Å²) >= 11 is 8.64. The highest BCUT2D eigenvalue weighted by atomic mass is 35.5. The SMILES string of the molecule is C[C@H](Oc1cccc(Cl)c1)C(=O)Nc1nnc(SCc2ccc(F)cc2)s1. The van der Waals surface area contributed by atoms with E-state index in [0.717, 1.165) is 5.56 Å². The van der Waals surface area contributed by atoms with Crippen molar-refractivity contribution >= 4 is 45.7 Å². The fourth-order valence-electron chi connectivity index (χ4n) is 2.05. The van der Waals surface area contributed by atoms with E-state index in [0.29, 0.717) is 26.0 Å². The van der Waals surface area contributed by atoms with Crippen molar-refractivity contribution in [2.45, 2.75) is 23.1 Å². The maximum atomic E-state index is 12.9. The van der Waals surface area contributed by atoms with Gasteiger partial charge >= 0.3 is 0 Å². The standard InChI is InChI=1S/C18H15ClFN3O2S2/c1-11(25-15-4-2-3-13(19)9-15)16(24)21-17-22-23-18(27-17)26-10-12-5-7-14(20)8-6-12/h2-9,11H,10H2,1H3,(H,21,22,24)/t11-/m0/s1. The van der Waals surface area contributed by atoms with E-state index < -0.39 is 6.10 Å². The summed E-state index contributed by atoms with van der Waals surface area (Å²) in [7, 11) is 0. The lowest BCUT2D eigenvalue weighted by molar-refractivity contribution is -0.122. The van der Waals surface area contributed by atoms with Crippen molar-refractivity contribution < 1.29 is 13.9 Å². The molecule has 1 aromatic heterocycles. The highest BCUT2D eigenvalue weighted by Gasteiger charge is 2.17. The fourth-order valence-corrected chi connectivity index (χ4v) is 3.94. The summed E-state index contributed by atoms with van der Waals surface area (Å²) in [6.07, 6.45) is -0.720. The van der Waals surface area contributed by atoms with Crippen molar-refractivity contribution in [3.63, 3.8) is 0 Å². The van der Waals surface area contributed by atoms with E-state index in [9.17, 15) is 9.18 Å². The van der Waals surface area contributed by atoms with Gasteiger partial charge < -0.3 is 4.74 Å². The first-order valence-electron chi connectivity index (χ1n) is 7.93. The summed E-state index contributed by atoms with van der Waals surface area (Å²) in [5.74, 6) is 0.551. The minimum Gasteiger partial charge on any atom is -0.481 e. The minimum atomic E-state index is -0.720. The van der Waals surface area contributed by atoms with E-state index in [4.69, 9.17) is 16.3 Å². The van der Waals surface area contributed by atoms with Crippen LogP contribution in [0.4, 0.5) is 9.52 Å². The van der Waals surface area contributed by atoms with Gasteiger partial charge in [-0.15, -0.1) is 10.2 Å². The van der Waals surface area contributed by atoms with Gasteiger partial charge in [0.25, 0.3) is 5.91 Å². The van der Waals surface area contributed by atoms with Crippen molar-refractivity contribution in [2.75, 3.05) is 5.32 Å². The second-order valence-corrected chi connectivity index (χ2v) is 8.13. The van der Waals surface area contributed by atoms with Crippen molar-refractivity contribution in [3.05, 3.63) is 64.9 Å². The molecule has 0 bridgehead atoms. The number of thioether (sulfide) groups is 1. The zero-order valence-corrected chi connectivity index (χ0v) is 16.6. The van der Waals surface area contributed by atoms with E-state index in [1.807, 2.05) is 0 Å². The van der Waals surface area contributed by atoms with Crippen molar-refractivity contribution in [3.8, 4) is 5.75 Å². The van der Waals surface area contributed by atoms with E-state index in [1.165, 1.54) is 35.2 Å². The predicted octanol–water partition coefficient (Wildman–Crippen LogP) is 5.03. The molecule has 0 aliphatic rings. The van der Waals surface area contributed by atoms with Crippen LogP contribution in [0, 0.1) is 5.82 Å². The van der Waals surface area contributed by atoms with Crippen LogP contribution in [0.3, 0.4) is 0 Å². The van der Waals surface area contributed by atoms with Gasteiger partial charge in [-0.2, -0.15) is 0 Å². The maximum absolute atomic E-state index is 12.9. The summed E-state index contributed by atoms with van der Waals surface area (Å²) in [4.78, 5) is 12.2. The van der Waals surface area contributed by atoms with Crippen LogP contribution >= 0.6 is 34.7 Å². The highest BCUT2D eigenvalue weighted by molar-refractivity contribution is 8.00. The fraction of sp³-hybridized carbons (Fsp3) is 0.167. The molecule has 3 rings (SSSR count). The monoisotopic (exact) mass is 423 g/mol. The van der Waals surface area contributed by atoms with Crippen molar-refractivity contribution in [1.82, 2.24) is 10.2 Å². The number of rotatable bonds is 7. The van der Waals surface area contributed by atoms with Gasteiger partial charge in [-0.25, -0.2) is 4.39 Å².